The van der Waals surface area contributed by atoms with Crippen molar-refractivity contribution in [1.82, 2.24) is 5.43 Å². The summed E-state index contributed by atoms with van der Waals surface area (Å²) in [7, 11) is 4.57. The van der Waals surface area contributed by atoms with Crippen molar-refractivity contribution in [2.75, 3.05) is 21.3 Å². The van der Waals surface area contributed by atoms with Crippen LogP contribution in [0.2, 0.25) is 0 Å². The van der Waals surface area contributed by atoms with Crippen LogP contribution < -0.4 is 19.6 Å². The van der Waals surface area contributed by atoms with Gasteiger partial charge in [-0.25, -0.2) is 5.43 Å². The van der Waals surface area contributed by atoms with Crippen molar-refractivity contribution in [1.29, 1.82) is 0 Å². The van der Waals surface area contributed by atoms with Crippen LogP contribution in [0, 0.1) is 0 Å². The fourth-order valence-corrected chi connectivity index (χ4v) is 3.57. The van der Waals surface area contributed by atoms with E-state index in [0.717, 1.165) is 25.0 Å². The zero-order valence-corrected chi connectivity index (χ0v) is 16.5. The summed E-state index contributed by atoms with van der Waals surface area (Å²) in [6, 6.07) is 13.6. The van der Waals surface area contributed by atoms with Gasteiger partial charge in [0.25, 0.3) is 5.91 Å². The number of methoxy groups -OCH3 is 3. The van der Waals surface area contributed by atoms with Gasteiger partial charge in [0, 0.05) is 17.2 Å². The molecule has 0 aromatic heterocycles. The standard InChI is InChI=1S/C22H26N2O4/c1-26-19-13-16(14-20(27-2)21(19)28-3)22(25)24-23-18-12-8-7-11-17(18)15-9-5-4-6-10-15/h4-6,9-10,13-14,17H,7-8,11-12H2,1-3H3,(H,24,25)/b23-18-/t17-/m0/s1. The number of hydrazone groups is 1. The van der Waals surface area contributed by atoms with Gasteiger partial charge in [0.15, 0.2) is 11.5 Å². The molecule has 2 aromatic rings. The summed E-state index contributed by atoms with van der Waals surface area (Å²) in [5.41, 5.74) is 5.35. The molecule has 0 heterocycles. The summed E-state index contributed by atoms with van der Waals surface area (Å²) in [6.45, 7) is 0. The molecular formula is C22H26N2O4. The summed E-state index contributed by atoms with van der Waals surface area (Å²) in [5, 5.41) is 4.48. The van der Waals surface area contributed by atoms with Crippen LogP contribution in [0.3, 0.4) is 0 Å². The Morgan fingerprint density at radius 3 is 2.29 bits per heavy atom. The fourth-order valence-electron chi connectivity index (χ4n) is 3.57. The average molecular weight is 382 g/mol. The molecule has 3 rings (SSSR count). The van der Waals surface area contributed by atoms with E-state index >= 15 is 0 Å². The predicted molar refractivity (Wildman–Crippen MR) is 109 cm³/mol. The fraction of sp³-hybridized carbons (Fsp3) is 0.364. The molecule has 1 fully saturated rings. The van der Waals surface area contributed by atoms with E-state index in [4.69, 9.17) is 14.2 Å². The number of hydrogen-bond donors (Lipinski definition) is 1. The lowest BCUT2D eigenvalue weighted by Gasteiger charge is -2.24. The van der Waals surface area contributed by atoms with Crippen molar-refractivity contribution in [2.45, 2.75) is 31.6 Å². The number of ether oxygens (including phenoxy) is 3. The zero-order chi connectivity index (χ0) is 19.9. The second kappa shape index (κ2) is 9.26. The summed E-state index contributed by atoms with van der Waals surface area (Å²) < 4.78 is 15.9. The minimum atomic E-state index is -0.316. The van der Waals surface area contributed by atoms with Crippen molar-refractivity contribution < 1.29 is 19.0 Å². The minimum absolute atomic E-state index is 0.246. The Bertz CT molecular complexity index is 824. The number of hydrogen-bond acceptors (Lipinski definition) is 5. The van der Waals surface area contributed by atoms with Crippen molar-refractivity contribution in [3.8, 4) is 17.2 Å². The third-order valence-corrected chi connectivity index (χ3v) is 5.01. The highest BCUT2D eigenvalue weighted by Gasteiger charge is 2.23. The van der Waals surface area contributed by atoms with Gasteiger partial charge in [-0.3, -0.25) is 4.79 Å². The normalized spacial score (nSPS) is 17.8. The second-order valence-corrected chi connectivity index (χ2v) is 6.67. The van der Waals surface area contributed by atoms with Gasteiger partial charge in [0.1, 0.15) is 0 Å². The van der Waals surface area contributed by atoms with E-state index < -0.39 is 0 Å². The van der Waals surface area contributed by atoms with E-state index in [9.17, 15) is 4.79 Å². The van der Waals surface area contributed by atoms with E-state index in [2.05, 4.69) is 22.7 Å². The molecule has 0 bridgehead atoms. The largest absolute Gasteiger partial charge is 0.493 e. The molecule has 1 atom stereocenters. The summed E-state index contributed by atoms with van der Waals surface area (Å²) in [4.78, 5) is 12.7. The van der Waals surface area contributed by atoms with Crippen LogP contribution in [0.1, 0.15) is 47.5 Å². The SMILES string of the molecule is COc1cc(C(=O)N/N=C2/CCCC[C@H]2c2ccccc2)cc(OC)c1OC. The lowest BCUT2D eigenvalue weighted by molar-refractivity contribution is 0.0953. The average Bonchev–Trinajstić information content (AvgIpc) is 2.77. The Hall–Kier alpha value is -3.02. The summed E-state index contributed by atoms with van der Waals surface area (Å²) >= 11 is 0. The van der Waals surface area contributed by atoms with Gasteiger partial charge in [0.05, 0.1) is 21.3 Å². The van der Waals surface area contributed by atoms with Gasteiger partial charge >= 0.3 is 0 Å². The summed E-state index contributed by atoms with van der Waals surface area (Å²) in [5.74, 6) is 1.24. The van der Waals surface area contributed by atoms with E-state index in [-0.39, 0.29) is 11.8 Å². The number of amides is 1. The first-order valence-corrected chi connectivity index (χ1v) is 9.39. The molecule has 6 heteroatoms. The van der Waals surface area contributed by atoms with E-state index in [1.807, 2.05) is 18.2 Å². The first-order chi connectivity index (χ1) is 13.7. The van der Waals surface area contributed by atoms with Crippen LogP contribution >= 0.6 is 0 Å². The molecule has 0 unspecified atom stereocenters. The highest BCUT2D eigenvalue weighted by atomic mass is 16.5. The van der Waals surface area contributed by atoms with Crippen molar-refractivity contribution >= 4 is 11.6 Å². The van der Waals surface area contributed by atoms with Gasteiger partial charge < -0.3 is 14.2 Å². The van der Waals surface area contributed by atoms with Gasteiger partial charge in [-0.05, 0) is 37.0 Å². The van der Waals surface area contributed by atoms with E-state index in [0.29, 0.717) is 22.8 Å². The number of nitrogens with zero attached hydrogens (tertiary/aromatic N) is 1. The van der Waals surface area contributed by atoms with Gasteiger partial charge in [-0.15, -0.1) is 0 Å². The topological polar surface area (TPSA) is 69.2 Å². The molecule has 2 aromatic carbocycles. The number of carbonyl (C=O) groups excluding carboxylic acids is 1. The predicted octanol–water partition coefficient (Wildman–Crippen LogP) is 4.16. The maximum Gasteiger partial charge on any atom is 0.271 e. The molecule has 1 amide bonds. The van der Waals surface area contributed by atoms with Gasteiger partial charge in [0.2, 0.25) is 5.75 Å². The Labute approximate surface area is 165 Å². The van der Waals surface area contributed by atoms with Crippen LogP contribution in [0.15, 0.2) is 47.6 Å². The van der Waals surface area contributed by atoms with Gasteiger partial charge in [-0.2, -0.15) is 5.10 Å². The molecule has 1 aliphatic rings. The lowest BCUT2D eigenvalue weighted by atomic mass is 9.82. The Morgan fingerprint density at radius 2 is 1.68 bits per heavy atom. The summed E-state index contributed by atoms with van der Waals surface area (Å²) in [6.07, 6.45) is 4.18. The number of benzene rings is 2. The molecule has 1 aliphatic carbocycles. The minimum Gasteiger partial charge on any atom is -0.493 e. The molecule has 28 heavy (non-hydrogen) atoms. The molecule has 6 nitrogen and oxygen atoms in total. The molecule has 0 saturated heterocycles. The smallest absolute Gasteiger partial charge is 0.271 e. The molecule has 148 valence electrons. The number of nitrogens with one attached hydrogen (secondary N) is 1. The number of rotatable bonds is 6. The first kappa shape index (κ1) is 19.7. The Kier molecular flexibility index (Phi) is 6.53. The van der Waals surface area contributed by atoms with Gasteiger partial charge in [-0.1, -0.05) is 36.8 Å². The lowest BCUT2D eigenvalue weighted by Crippen LogP contribution is -2.24. The van der Waals surface area contributed by atoms with E-state index in [1.165, 1.54) is 33.3 Å². The third-order valence-electron chi connectivity index (χ3n) is 5.01. The quantitative estimate of drug-likeness (QED) is 0.762. The van der Waals surface area contributed by atoms with Crippen LogP contribution in [0.4, 0.5) is 0 Å². The molecule has 0 spiro atoms. The third kappa shape index (κ3) is 4.27. The number of carbonyl (C=O) groups is 1. The molecule has 0 radical (unpaired) electrons. The molecule has 0 aliphatic heterocycles. The first-order valence-electron chi connectivity index (χ1n) is 9.39. The Balaban J connectivity index is 1.82. The van der Waals surface area contributed by atoms with Crippen molar-refractivity contribution in [3.63, 3.8) is 0 Å². The maximum atomic E-state index is 12.7. The second-order valence-electron chi connectivity index (χ2n) is 6.67. The van der Waals surface area contributed by atoms with Crippen LogP contribution in [-0.2, 0) is 0 Å². The Morgan fingerprint density at radius 1 is 1.00 bits per heavy atom. The molecular weight excluding hydrogens is 356 g/mol. The monoisotopic (exact) mass is 382 g/mol. The molecule has 1 N–H and O–H groups in total. The van der Waals surface area contributed by atoms with Crippen LogP contribution in [0.5, 0.6) is 17.2 Å². The highest BCUT2D eigenvalue weighted by Crippen LogP contribution is 2.38. The molecule has 1 saturated carbocycles. The van der Waals surface area contributed by atoms with Crippen molar-refractivity contribution in [3.05, 3.63) is 53.6 Å². The highest BCUT2D eigenvalue weighted by molar-refractivity contribution is 5.98. The van der Waals surface area contributed by atoms with Crippen molar-refractivity contribution in [2.24, 2.45) is 5.10 Å². The maximum absolute atomic E-state index is 12.7. The zero-order valence-electron chi connectivity index (χ0n) is 16.5. The van der Waals surface area contributed by atoms with Crippen LogP contribution in [-0.4, -0.2) is 32.9 Å². The van der Waals surface area contributed by atoms with E-state index in [1.54, 1.807) is 12.1 Å². The van der Waals surface area contributed by atoms with Crippen LogP contribution in [0.25, 0.3) is 0 Å².